The number of H-pyrrole nitrogens is 1. The zero-order valence-corrected chi connectivity index (χ0v) is 13.0. The average Bonchev–Trinajstić information content (AvgIpc) is 2.71. The second-order valence-electron chi connectivity index (χ2n) is 3.86. The average molecular weight is 318 g/mol. The zero-order valence-electron chi connectivity index (χ0n) is 11.3. The normalized spacial score (nSPS) is 12.2. The molecular weight excluding hydrogens is 295 g/mol. The van der Waals surface area contributed by atoms with Crippen molar-refractivity contribution in [2.45, 2.75) is 47.0 Å². The molecule has 0 radical (unpaired) electrons. The predicted molar refractivity (Wildman–Crippen MR) is 72.5 cm³/mol. The maximum absolute atomic E-state index is 3.64. The summed E-state index contributed by atoms with van der Waals surface area (Å²) < 4.78 is 3.81. The number of aromatic nitrogens is 1. The van der Waals surface area contributed by atoms with Crippen LogP contribution in [0, 0.1) is 0 Å². The van der Waals surface area contributed by atoms with Crippen LogP contribution in [0.2, 0.25) is 0 Å². The summed E-state index contributed by atoms with van der Waals surface area (Å²) in [6.07, 6.45) is 9.76. The van der Waals surface area contributed by atoms with E-state index in [1.165, 1.54) is 9.98 Å². The van der Waals surface area contributed by atoms with Gasteiger partial charge in [0.2, 0.25) is 0 Å². The van der Waals surface area contributed by atoms with Gasteiger partial charge in [0.15, 0.2) is 0 Å². The van der Waals surface area contributed by atoms with Crippen LogP contribution in [-0.2, 0) is 36.4 Å². The van der Waals surface area contributed by atoms with E-state index in [-0.39, 0.29) is 17.1 Å². The number of rotatable bonds is 6. The molecule has 0 saturated carbocycles. The summed E-state index contributed by atoms with van der Waals surface area (Å²) in [6, 6.07) is 0. The van der Waals surface area contributed by atoms with E-state index < -0.39 is 0 Å². The van der Waals surface area contributed by atoms with E-state index in [9.17, 15) is 0 Å². The van der Waals surface area contributed by atoms with Crippen LogP contribution in [0.5, 0.6) is 0 Å². The van der Waals surface area contributed by atoms with Crippen LogP contribution < -0.4 is 4.29 Å². The Labute approximate surface area is 113 Å². The number of allylic oxidation sites excluding steroid dienone is 3. The molecule has 96 valence electrons. The summed E-state index contributed by atoms with van der Waals surface area (Å²) in [7, 11) is 0. The number of aromatic amines is 1. The van der Waals surface area contributed by atoms with Crippen molar-refractivity contribution in [1.82, 2.24) is 4.98 Å². The van der Waals surface area contributed by atoms with E-state index in [1.807, 2.05) is 0 Å². The van der Waals surface area contributed by atoms with Gasteiger partial charge in [0.05, 0.1) is 0 Å². The first-order valence-corrected chi connectivity index (χ1v) is 8.26. The van der Waals surface area contributed by atoms with Crippen molar-refractivity contribution in [1.29, 1.82) is 0 Å². The summed E-state index contributed by atoms with van der Waals surface area (Å²) in [5.74, 6) is 0. The zero-order chi connectivity index (χ0) is 12.7. The van der Waals surface area contributed by atoms with E-state index in [1.54, 1.807) is 11.1 Å². The van der Waals surface area contributed by atoms with Crippen molar-refractivity contribution >= 4 is 4.29 Å². The molecule has 1 aromatic heterocycles. The summed E-state index contributed by atoms with van der Waals surface area (Å²) in [4.78, 5) is 3.64. The van der Waals surface area contributed by atoms with Crippen LogP contribution in [0.4, 0.5) is 0 Å². The number of nitrogens with one attached hydrogen (secondary N) is 1. The molecule has 1 N–H and O–H groups in total. The van der Waals surface area contributed by atoms with Gasteiger partial charge in [-0.3, -0.25) is 0 Å². The molecule has 17 heavy (non-hydrogen) atoms. The van der Waals surface area contributed by atoms with Crippen LogP contribution >= 0.6 is 0 Å². The van der Waals surface area contributed by atoms with Gasteiger partial charge in [-0.2, -0.15) is 0 Å². The molecule has 0 aliphatic carbocycles. The first-order chi connectivity index (χ1) is 8.28. The second-order valence-corrected chi connectivity index (χ2v) is 5.81. The van der Waals surface area contributed by atoms with Crippen molar-refractivity contribution in [2.75, 3.05) is 0 Å². The van der Waals surface area contributed by atoms with Gasteiger partial charge < -0.3 is 0 Å². The molecule has 0 aliphatic rings. The molecule has 0 aromatic carbocycles. The molecule has 0 amide bonds. The van der Waals surface area contributed by atoms with Gasteiger partial charge in [0, 0.05) is 0 Å². The van der Waals surface area contributed by atoms with E-state index in [4.69, 9.17) is 0 Å². The van der Waals surface area contributed by atoms with E-state index >= 15 is 0 Å². The Bertz CT molecular complexity index is 399. The molecule has 0 atom stereocenters. The summed E-state index contributed by atoms with van der Waals surface area (Å²) in [5.41, 5.74) is 4.60. The van der Waals surface area contributed by atoms with Crippen molar-refractivity contribution < 1.29 is 17.1 Å². The number of hydrogen-bond donors (Lipinski definition) is 1. The Morgan fingerprint density at radius 1 is 1.00 bits per heavy atom. The van der Waals surface area contributed by atoms with E-state index in [0.29, 0.717) is 0 Å². The van der Waals surface area contributed by atoms with Gasteiger partial charge in [-0.05, 0) is 0 Å². The van der Waals surface area contributed by atoms with Crippen molar-refractivity contribution in [3.63, 3.8) is 0 Å². The number of aryl methyl sites for hydroxylation is 1. The van der Waals surface area contributed by atoms with Crippen LogP contribution in [0.1, 0.15) is 44.5 Å². The molecule has 0 aliphatic heterocycles. The Hall–Kier alpha value is -0.617. The second kappa shape index (κ2) is 7.66. The van der Waals surface area contributed by atoms with Crippen molar-refractivity contribution in [2.24, 2.45) is 0 Å². The minimum absolute atomic E-state index is 0.177. The fourth-order valence-electron chi connectivity index (χ4n) is 2.01. The topological polar surface area (TPSA) is 15.8 Å². The molecule has 0 saturated heterocycles. The predicted octanol–water partition coefficient (Wildman–Crippen LogP) is 3.50. The van der Waals surface area contributed by atoms with Crippen LogP contribution in [0.15, 0.2) is 22.9 Å². The summed E-state index contributed by atoms with van der Waals surface area (Å²) >= 11 is 0.177. The van der Waals surface area contributed by atoms with Gasteiger partial charge >= 0.3 is 113 Å². The maximum atomic E-state index is 3.64. The Morgan fingerprint density at radius 2 is 1.71 bits per heavy atom. The van der Waals surface area contributed by atoms with Crippen LogP contribution in [0.3, 0.4) is 0 Å². The molecule has 1 rings (SSSR count). The molecule has 0 bridgehead atoms. The fraction of sp³-hybridized carbons (Fsp3) is 0.467. The monoisotopic (exact) mass is 319 g/mol. The molecular formula is C15H23NRu. The standard InChI is InChI=1S/C10H16N.C5H7.Ru/c1-4-8-7-11-10(6-3)9(8)5-2;1-3-5-4-2;/h11H,4-6H2,1-3H3;1,3-5H,2H3;. The van der Waals surface area contributed by atoms with Crippen LogP contribution in [0.25, 0.3) is 0 Å². The fourth-order valence-corrected chi connectivity index (χ4v) is 3.92. The molecule has 1 aromatic rings. The first-order valence-electron chi connectivity index (χ1n) is 6.39. The molecule has 0 unspecified atom stereocenters. The Kier molecular flexibility index (Phi) is 6.51. The molecule has 0 fully saturated rings. The molecule has 1 heterocycles. The van der Waals surface area contributed by atoms with E-state index in [0.717, 1.165) is 19.3 Å². The summed E-state index contributed by atoms with van der Waals surface area (Å²) in [6.45, 7) is 8.81. The first kappa shape index (κ1) is 14.4. The van der Waals surface area contributed by atoms with Gasteiger partial charge in [-0.1, -0.05) is 0 Å². The third-order valence-corrected chi connectivity index (χ3v) is 4.70. The quantitative estimate of drug-likeness (QED) is 0.610. The molecule has 2 heteroatoms. The Balaban J connectivity index is 2.94. The van der Waals surface area contributed by atoms with Crippen LogP contribution in [-0.4, -0.2) is 4.98 Å². The van der Waals surface area contributed by atoms with Gasteiger partial charge in [-0.25, -0.2) is 0 Å². The SMILES string of the molecule is CC=CC=[CH][Ru][c]1[nH]c(CC)c(CC)c1CC. The third-order valence-electron chi connectivity index (χ3n) is 2.84. The Morgan fingerprint density at radius 3 is 2.24 bits per heavy atom. The van der Waals surface area contributed by atoms with Crippen molar-refractivity contribution in [3.05, 3.63) is 39.7 Å². The minimum atomic E-state index is 0.177. The number of hydrogen-bond acceptors (Lipinski definition) is 0. The molecule has 1 nitrogen and oxygen atoms in total. The summed E-state index contributed by atoms with van der Waals surface area (Å²) in [5, 5.41) is 0. The van der Waals surface area contributed by atoms with E-state index in [2.05, 4.69) is 55.6 Å². The van der Waals surface area contributed by atoms with Gasteiger partial charge in [0.1, 0.15) is 0 Å². The van der Waals surface area contributed by atoms with Gasteiger partial charge in [0.25, 0.3) is 0 Å². The van der Waals surface area contributed by atoms with Crippen molar-refractivity contribution in [3.8, 4) is 0 Å². The van der Waals surface area contributed by atoms with Gasteiger partial charge in [-0.15, -0.1) is 0 Å². The molecule has 0 spiro atoms. The third kappa shape index (κ3) is 3.67.